The zero-order valence-corrected chi connectivity index (χ0v) is 15.8. The first-order valence-electron chi connectivity index (χ1n) is 8.77. The molecule has 0 radical (unpaired) electrons. The van der Waals surface area contributed by atoms with E-state index < -0.39 is 29.4 Å². The van der Waals surface area contributed by atoms with E-state index in [-0.39, 0.29) is 5.69 Å². The van der Waals surface area contributed by atoms with E-state index in [0.717, 1.165) is 23.3 Å². The zero-order valence-electron chi connectivity index (χ0n) is 15.8. The van der Waals surface area contributed by atoms with E-state index in [4.69, 9.17) is 9.47 Å². The average molecular weight is 394 g/mol. The number of hydrogen-bond donors (Lipinski definition) is 1. The highest BCUT2D eigenvalue weighted by Gasteiger charge is 2.27. The van der Waals surface area contributed by atoms with Crippen molar-refractivity contribution in [2.45, 2.75) is 25.9 Å². The van der Waals surface area contributed by atoms with E-state index in [1.54, 1.807) is 21.1 Å². The summed E-state index contributed by atoms with van der Waals surface area (Å²) in [4.78, 5) is 14.4. The summed E-state index contributed by atoms with van der Waals surface area (Å²) in [6.45, 7) is 2.78. The van der Waals surface area contributed by atoms with Crippen LogP contribution >= 0.6 is 0 Å². The third kappa shape index (κ3) is 3.77. The molecule has 1 heterocycles. The summed E-state index contributed by atoms with van der Waals surface area (Å²) in [5, 5.41) is 2.33. The normalized spacial score (nSPS) is 14.9. The molecular formula is C20H21F3N2O3. The maximum Gasteiger partial charge on any atom is 0.241 e. The minimum Gasteiger partial charge on any atom is -0.493 e. The van der Waals surface area contributed by atoms with Crippen LogP contribution in [0.15, 0.2) is 24.3 Å². The fraction of sp³-hybridized carbons (Fsp3) is 0.350. The van der Waals surface area contributed by atoms with Crippen molar-refractivity contribution in [2.24, 2.45) is 0 Å². The van der Waals surface area contributed by atoms with Gasteiger partial charge in [0.05, 0.1) is 25.9 Å². The second-order valence-corrected chi connectivity index (χ2v) is 6.58. The maximum absolute atomic E-state index is 13.8. The van der Waals surface area contributed by atoms with Gasteiger partial charge in [-0.1, -0.05) is 0 Å². The number of rotatable bonds is 5. The molecule has 28 heavy (non-hydrogen) atoms. The topological polar surface area (TPSA) is 50.8 Å². The van der Waals surface area contributed by atoms with Gasteiger partial charge in [-0.25, -0.2) is 13.2 Å². The molecule has 0 saturated carbocycles. The number of fused-ring (bicyclic) bond motifs is 1. The fourth-order valence-corrected chi connectivity index (χ4v) is 3.26. The van der Waals surface area contributed by atoms with Crippen LogP contribution in [0, 0.1) is 17.5 Å². The molecule has 1 atom stereocenters. The molecule has 8 heteroatoms. The molecule has 0 saturated heterocycles. The van der Waals surface area contributed by atoms with Crippen LogP contribution in [0.3, 0.4) is 0 Å². The van der Waals surface area contributed by atoms with E-state index in [0.29, 0.717) is 31.0 Å². The Morgan fingerprint density at radius 3 is 2.36 bits per heavy atom. The number of halogens is 3. The molecule has 1 aliphatic heterocycles. The van der Waals surface area contributed by atoms with Crippen molar-refractivity contribution in [3.8, 4) is 11.5 Å². The van der Waals surface area contributed by atoms with Crippen molar-refractivity contribution in [1.82, 2.24) is 4.90 Å². The average Bonchev–Trinajstić information content (AvgIpc) is 2.71. The number of nitrogens with zero attached hydrogens (tertiary/aromatic N) is 1. The molecule has 150 valence electrons. The van der Waals surface area contributed by atoms with Gasteiger partial charge in [0.25, 0.3) is 0 Å². The molecule has 2 aromatic carbocycles. The minimum atomic E-state index is -1.61. The summed E-state index contributed by atoms with van der Waals surface area (Å²) in [7, 11) is 3.13. The summed E-state index contributed by atoms with van der Waals surface area (Å²) < 4.78 is 50.9. The van der Waals surface area contributed by atoms with Crippen molar-refractivity contribution in [3.63, 3.8) is 0 Å². The van der Waals surface area contributed by atoms with Gasteiger partial charge in [0.2, 0.25) is 5.91 Å². The molecule has 0 unspecified atom stereocenters. The third-order valence-electron chi connectivity index (χ3n) is 4.97. The highest BCUT2D eigenvalue weighted by atomic mass is 19.2. The van der Waals surface area contributed by atoms with E-state index in [1.807, 2.05) is 17.0 Å². The number of carbonyl (C=O) groups is 1. The number of amides is 1. The molecule has 0 spiro atoms. The van der Waals surface area contributed by atoms with Gasteiger partial charge < -0.3 is 14.8 Å². The van der Waals surface area contributed by atoms with Crippen molar-refractivity contribution in [2.75, 3.05) is 26.1 Å². The molecule has 0 bridgehead atoms. The van der Waals surface area contributed by atoms with Crippen LogP contribution in [0.4, 0.5) is 18.9 Å². The SMILES string of the molecule is COc1cc2c(cc1OC)CN([C@H](C)C(=O)Nc1ccc(F)c(F)c1F)CC2. The molecule has 0 aliphatic carbocycles. The first kappa shape index (κ1) is 20.0. The van der Waals surface area contributed by atoms with Gasteiger partial charge in [-0.3, -0.25) is 9.69 Å². The second kappa shape index (κ2) is 8.10. The number of anilines is 1. The molecule has 2 aromatic rings. The van der Waals surface area contributed by atoms with E-state index >= 15 is 0 Å². The van der Waals surface area contributed by atoms with Crippen LogP contribution in [-0.4, -0.2) is 37.6 Å². The number of benzene rings is 2. The van der Waals surface area contributed by atoms with Crippen molar-refractivity contribution in [3.05, 3.63) is 52.8 Å². The standard InChI is InChI=1S/C20H21F3N2O3/c1-11(20(26)24-15-5-4-14(21)18(22)19(15)23)25-7-6-12-8-16(27-2)17(28-3)9-13(12)10-25/h4-5,8-9,11H,6-7,10H2,1-3H3,(H,24,26)/t11-/m1/s1. The van der Waals surface area contributed by atoms with Crippen molar-refractivity contribution >= 4 is 11.6 Å². The molecular weight excluding hydrogens is 373 g/mol. The van der Waals surface area contributed by atoms with Gasteiger partial charge in [-0.2, -0.15) is 0 Å². The lowest BCUT2D eigenvalue weighted by Gasteiger charge is -2.33. The van der Waals surface area contributed by atoms with Gasteiger partial charge >= 0.3 is 0 Å². The Hall–Kier alpha value is -2.74. The number of methoxy groups -OCH3 is 2. The summed E-state index contributed by atoms with van der Waals surface area (Å²) in [6.07, 6.45) is 0.701. The quantitative estimate of drug-likeness (QED) is 0.789. The Kier molecular flexibility index (Phi) is 5.79. The predicted molar refractivity (Wildman–Crippen MR) is 98.1 cm³/mol. The van der Waals surface area contributed by atoms with Crippen LogP contribution in [0.25, 0.3) is 0 Å². The number of ether oxygens (including phenoxy) is 2. The van der Waals surface area contributed by atoms with Crippen LogP contribution in [0.2, 0.25) is 0 Å². The fourth-order valence-electron chi connectivity index (χ4n) is 3.26. The Balaban J connectivity index is 1.74. The maximum atomic E-state index is 13.8. The van der Waals surface area contributed by atoms with Gasteiger partial charge in [0.1, 0.15) is 0 Å². The molecule has 1 aliphatic rings. The predicted octanol–water partition coefficient (Wildman–Crippen LogP) is 3.51. The monoisotopic (exact) mass is 394 g/mol. The summed E-state index contributed by atoms with van der Waals surface area (Å²) in [6, 6.07) is 4.97. The summed E-state index contributed by atoms with van der Waals surface area (Å²) in [5.74, 6) is -3.59. The van der Waals surface area contributed by atoms with Crippen LogP contribution in [0.1, 0.15) is 18.1 Å². The lowest BCUT2D eigenvalue weighted by Crippen LogP contribution is -2.44. The molecule has 1 N–H and O–H groups in total. The Labute approximate surface area is 161 Å². The van der Waals surface area contributed by atoms with Crippen LogP contribution < -0.4 is 14.8 Å². The molecule has 0 fully saturated rings. The van der Waals surface area contributed by atoms with E-state index in [9.17, 15) is 18.0 Å². The molecule has 5 nitrogen and oxygen atoms in total. The first-order valence-corrected chi connectivity index (χ1v) is 8.77. The number of hydrogen-bond acceptors (Lipinski definition) is 4. The zero-order chi connectivity index (χ0) is 20.4. The smallest absolute Gasteiger partial charge is 0.241 e. The van der Waals surface area contributed by atoms with E-state index in [2.05, 4.69) is 5.32 Å². The number of carbonyl (C=O) groups excluding carboxylic acids is 1. The van der Waals surface area contributed by atoms with Crippen LogP contribution in [0.5, 0.6) is 11.5 Å². The van der Waals surface area contributed by atoms with E-state index in [1.165, 1.54) is 0 Å². The summed E-state index contributed by atoms with van der Waals surface area (Å²) >= 11 is 0. The lowest BCUT2D eigenvalue weighted by atomic mass is 9.97. The van der Waals surface area contributed by atoms with Crippen molar-refractivity contribution < 1.29 is 27.4 Å². The second-order valence-electron chi connectivity index (χ2n) is 6.58. The minimum absolute atomic E-state index is 0.389. The third-order valence-corrected chi connectivity index (χ3v) is 4.97. The van der Waals surface area contributed by atoms with Crippen molar-refractivity contribution in [1.29, 1.82) is 0 Å². The molecule has 1 amide bonds. The molecule has 0 aromatic heterocycles. The molecule has 3 rings (SSSR count). The first-order chi connectivity index (χ1) is 13.3. The van der Waals surface area contributed by atoms with Gasteiger partial charge in [0, 0.05) is 13.1 Å². The number of nitrogens with one attached hydrogen (secondary N) is 1. The van der Waals surface area contributed by atoms with Gasteiger partial charge in [-0.15, -0.1) is 0 Å². The Bertz CT molecular complexity index is 905. The highest BCUT2D eigenvalue weighted by Crippen LogP contribution is 2.33. The van der Waals surface area contributed by atoms with Gasteiger partial charge in [0.15, 0.2) is 29.0 Å². The lowest BCUT2D eigenvalue weighted by molar-refractivity contribution is -0.121. The summed E-state index contributed by atoms with van der Waals surface area (Å²) in [5.41, 5.74) is 1.72. The Morgan fingerprint density at radius 1 is 1.07 bits per heavy atom. The Morgan fingerprint density at radius 2 is 1.71 bits per heavy atom. The highest BCUT2D eigenvalue weighted by molar-refractivity contribution is 5.94. The van der Waals surface area contributed by atoms with Crippen LogP contribution in [-0.2, 0) is 17.8 Å². The largest absolute Gasteiger partial charge is 0.493 e. The van der Waals surface area contributed by atoms with Gasteiger partial charge in [-0.05, 0) is 48.7 Å².